The maximum absolute atomic E-state index is 5.86. The minimum atomic E-state index is -0.600. The second kappa shape index (κ2) is 6.23. The normalized spacial score (nSPS) is 19.9. The average molecular weight is 322 g/mol. The van der Waals surface area contributed by atoms with Gasteiger partial charge in [-0.15, -0.1) is 0 Å². The lowest BCUT2D eigenvalue weighted by Gasteiger charge is -2.26. The van der Waals surface area contributed by atoms with Crippen LogP contribution in [0.15, 0.2) is 47.5 Å². The molecule has 124 valence electrons. The van der Waals surface area contributed by atoms with Gasteiger partial charge in [-0.3, -0.25) is 0 Å². The van der Waals surface area contributed by atoms with Gasteiger partial charge in [0.05, 0.1) is 6.10 Å². The minimum Gasteiger partial charge on any atom is -0.491 e. The number of hydrogen-bond donors (Lipinski definition) is 1. The summed E-state index contributed by atoms with van der Waals surface area (Å²) in [5.41, 5.74) is 9.66. The average Bonchev–Trinajstić information content (AvgIpc) is 2.92. The molecule has 2 N–H and O–H groups in total. The van der Waals surface area contributed by atoms with Crippen molar-refractivity contribution in [2.45, 2.75) is 32.4 Å². The fourth-order valence-electron chi connectivity index (χ4n) is 3.09. The van der Waals surface area contributed by atoms with Gasteiger partial charge in [-0.05, 0) is 49.6 Å². The van der Waals surface area contributed by atoms with Crippen molar-refractivity contribution < 1.29 is 9.47 Å². The van der Waals surface area contributed by atoms with Crippen molar-refractivity contribution in [2.24, 2.45) is 10.7 Å². The second-order valence-electron chi connectivity index (χ2n) is 6.62. The van der Waals surface area contributed by atoms with Gasteiger partial charge in [0.2, 0.25) is 0 Å². The van der Waals surface area contributed by atoms with Gasteiger partial charge in [-0.2, -0.15) is 0 Å². The van der Waals surface area contributed by atoms with Crippen molar-refractivity contribution in [1.82, 2.24) is 0 Å². The molecule has 0 radical (unpaired) electrons. The van der Waals surface area contributed by atoms with Crippen LogP contribution >= 0.6 is 0 Å². The predicted octanol–water partition coefficient (Wildman–Crippen LogP) is 1.63. The highest BCUT2D eigenvalue weighted by Gasteiger charge is 2.40. The number of hydrogen-bond acceptors (Lipinski definition) is 4. The molecule has 0 amide bonds. The Morgan fingerprint density at radius 3 is 2.54 bits per heavy atom. The van der Waals surface area contributed by atoms with Crippen LogP contribution in [0.4, 0.5) is 0 Å². The number of aliphatic imine (C=N–C) groups is 1. The third-order valence-corrected chi connectivity index (χ3v) is 4.24. The lowest BCUT2D eigenvalue weighted by molar-refractivity contribution is 0.240. The molecule has 4 nitrogen and oxygen atoms in total. The highest BCUT2D eigenvalue weighted by atomic mass is 16.5. The van der Waals surface area contributed by atoms with E-state index in [0.717, 1.165) is 22.4 Å². The second-order valence-corrected chi connectivity index (χ2v) is 6.62. The molecule has 1 aliphatic heterocycles. The lowest BCUT2D eigenvalue weighted by Crippen LogP contribution is -2.28. The van der Waals surface area contributed by atoms with Crippen molar-refractivity contribution in [2.75, 3.05) is 6.61 Å². The SMILES string of the molecule is Bc1cccc(C2(c3ccc(OC(C)C)c(C)c3)COC(N)=N2)c1. The predicted molar refractivity (Wildman–Crippen MR) is 99.9 cm³/mol. The Kier molecular flexibility index (Phi) is 4.27. The molecule has 0 saturated heterocycles. The molecule has 0 spiro atoms. The molecular formula is C19H23BN2O2. The molecule has 0 aromatic heterocycles. The van der Waals surface area contributed by atoms with Gasteiger partial charge < -0.3 is 15.2 Å². The maximum atomic E-state index is 5.86. The number of ether oxygens (including phenoxy) is 2. The molecular weight excluding hydrogens is 299 g/mol. The van der Waals surface area contributed by atoms with Crippen molar-refractivity contribution in [1.29, 1.82) is 0 Å². The van der Waals surface area contributed by atoms with E-state index in [4.69, 9.17) is 15.2 Å². The van der Waals surface area contributed by atoms with Crippen LogP contribution in [-0.4, -0.2) is 26.6 Å². The number of nitrogens with zero attached hydrogens (tertiary/aromatic N) is 1. The van der Waals surface area contributed by atoms with Gasteiger partial charge in [0, 0.05) is 0 Å². The molecule has 5 heteroatoms. The third kappa shape index (κ3) is 2.98. The van der Waals surface area contributed by atoms with Crippen molar-refractivity contribution in [3.8, 4) is 5.75 Å². The standard InChI is InChI=1S/C19H23BN2O2/c1-12(2)24-17-8-7-15(9-13(17)3)19(11-23-18(21)22-19)14-5-4-6-16(20)10-14/h4-10,12H,11,20H2,1-3H3,(H2,21,22). The van der Waals surface area contributed by atoms with Crippen LogP contribution in [0.5, 0.6) is 5.75 Å². The highest BCUT2D eigenvalue weighted by Crippen LogP contribution is 2.38. The van der Waals surface area contributed by atoms with Crippen molar-refractivity contribution >= 4 is 19.3 Å². The minimum absolute atomic E-state index is 0.142. The molecule has 24 heavy (non-hydrogen) atoms. The molecule has 1 aliphatic rings. The quantitative estimate of drug-likeness (QED) is 0.871. The molecule has 1 heterocycles. The monoisotopic (exact) mass is 322 g/mol. The van der Waals surface area contributed by atoms with Crippen molar-refractivity contribution in [3.63, 3.8) is 0 Å². The molecule has 3 rings (SSSR count). The van der Waals surface area contributed by atoms with Gasteiger partial charge in [0.25, 0.3) is 6.02 Å². The molecule has 0 bridgehead atoms. The maximum Gasteiger partial charge on any atom is 0.283 e. The fourth-order valence-corrected chi connectivity index (χ4v) is 3.09. The smallest absolute Gasteiger partial charge is 0.283 e. The number of benzene rings is 2. The summed E-state index contributed by atoms with van der Waals surface area (Å²) in [7, 11) is 2.07. The summed E-state index contributed by atoms with van der Waals surface area (Å²) in [6.45, 7) is 6.51. The Hall–Kier alpha value is -2.43. The van der Waals surface area contributed by atoms with Gasteiger partial charge >= 0.3 is 0 Å². The Morgan fingerprint density at radius 1 is 1.21 bits per heavy atom. The van der Waals surface area contributed by atoms with Gasteiger partial charge in [-0.1, -0.05) is 35.8 Å². The Bertz CT molecular complexity index is 789. The summed E-state index contributed by atoms with van der Waals surface area (Å²) in [5.74, 6) is 0.893. The van der Waals surface area contributed by atoms with Crippen LogP contribution in [-0.2, 0) is 10.3 Å². The van der Waals surface area contributed by atoms with Crippen LogP contribution in [0.1, 0.15) is 30.5 Å². The molecule has 1 unspecified atom stereocenters. The molecule has 2 aromatic carbocycles. The zero-order chi connectivity index (χ0) is 17.3. The van der Waals surface area contributed by atoms with E-state index in [1.807, 2.05) is 32.9 Å². The largest absolute Gasteiger partial charge is 0.491 e. The number of amidine groups is 1. The van der Waals surface area contributed by atoms with Gasteiger partial charge in [0.15, 0.2) is 0 Å². The summed E-state index contributed by atoms with van der Waals surface area (Å²) in [5, 5.41) is 0. The molecule has 1 atom stereocenters. The van der Waals surface area contributed by atoms with Crippen LogP contribution in [0.2, 0.25) is 0 Å². The first kappa shape index (κ1) is 16.4. The highest BCUT2D eigenvalue weighted by molar-refractivity contribution is 6.32. The molecule has 0 aliphatic carbocycles. The van der Waals surface area contributed by atoms with Crippen LogP contribution < -0.4 is 15.9 Å². The van der Waals surface area contributed by atoms with E-state index in [1.165, 1.54) is 5.46 Å². The van der Waals surface area contributed by atoms with E-state index in [1.54, 1.807) is 0 Å². The molecule has 2 aromatic rings. The summed E-state index contributed by atoms with van der Waals surface area (Å²) in [6.07, 6.45) is 0.142. The first-order valence-corrected chi connectivity index (χ1v) is 8.24. The van der Waals surface area contributed by atoms with Gasteiger partial charge in [-0.25, -0.2) is 4.99 Å². The van der Waals surface area contributed by atoms with E-state index in [0.29, 0.717) is 6.61 Å². The lowest BCUT2D eigenvalue weighted by atomic mass is 9.81. The zero-order valence-corrected chi connectivity index (χ0v) is 14.7. The first-order chi connectivity index (χ1) is 11.4. The van der Waals surface area contributed by atoms with Gasteiger partial charge in [0.1, 0.15) is 25.7 Å². The number of aryl methyl sites for hydroxylation is 1. The third-order valence-electron chi connectivity index (χ3n) is 4.24. The van der Waals surface area contributed by atoms with Crippen LogP contribution in [0.25, 0.3) is 0 Å². The van der Waals surface area contributed by atoms with E-state index in [9.17, 15) is 0 Å². The summed E-state index contributed by atoms with van der Waals surface area (Å²) in [4.78, 5) is 4.66. The summed E-state index contributed by atoms with van der Waals surface area (Å²) in [6, 6.07) is 14.7. The van der Waals surface area contributed by atoms with E-state index in [-0.39, 0.29) is 12.1 Å². The fraction of sp³-hybridized carbons (Fsp3) is 0.316. The number of nitrogens with two attached hydrogens (primary N) is 1. The topological polar surface area (TPSA) is 56.8 Å². The Balaban J connectivity index is 2.10. The first-order valence-electron chi connectivity index (χ1n) is 8.24. The van der Waals surface area contributed by atoms with Crippen LogP contribution in [0.3, 0.4) is 0 Å². The van der Waals surface area contributed by atoms with Crippen molar-refractivity contribution in [3.05, 3.63) is 59.2 Å². The van der Waals surface area contributed by atoms with Crippen LogP contribution in [0, 0.1) is 6.92 Å². The summed E-state index contributed by atoms with van der Waals surface area (Å²) >= 11 is 0. The Morgan fingerprint density at radius 2 is 1.96 bits per heavy atom. The van der Waals surface area contributed by atoms with E-state index < -0.39 is 5.54 Å². The van der Waals surface area contributed by atoms with E-state index in [2.05, 4.69) is 43.2 Å². The Labute approximate surface area is 144 Å². The molecule has 0 fully saturated rings. The number of rotatable bonds is 4. The zero-order valence-electron chi connectivity index (χ0n) is 14.7. The van der Waals surface area contributed by atoms with E-state index >= 15 is 0 Å². The molecule has 0 saturated carbocycles. The summed E-state index contributed by atoms with van der Waals surface area (Å²) < 4.78 is 11.4.